The van der Waals surface area contributed by atoms with Crippen LogP contribution in [0.15, 0.2) is 6.20 Å². The van der Waals surface area contributed by atoms with Crippen LogP contribution in [0.2, 0.25) is 0 Å². The van der Waals surface area contributed by atoms with Gasteiger partial charge in [-0.3, -0.25) is 4.79 Å². The van der Waals surface area contributed by atoms with Gasteiger partial charge in [-0.1, -0.05) is 19.3 Å². The highest BCUT2D eigenvalue weighted by atomic mass is 16.3. The number of anilines is 2. The molecule has 0 aliphatic heterocycles. The molecule has 0 aromatic carbocycles. The largest absolute Gasteiger partial charge is 0.393 e. The zero-order valence-electron chi connectivity index (χ0n) is 15.6. The van der Waals surface area contributed by atoms with Crippen molar-refractivity contribution < 1.29 is 9.90 Å². The molecule has 0 spiro atoms. The summed E-state index contributed by atoms with van der Waals surface area (Å²) in [5, 5.41) is 16.4. The fourth-order valence-electron chi connectivity index (χ4n) is 4.11. The van der Waals surface area contributed by atoms with Gasteiger partial charge in [-0.2, -0.15) is 4.98 Å². The normalized spacial score (nSPS) is 25.5. The molecule has 5 N–H and O–H groups in total. The summed E-state index contributed by atoms with van der Waals surface area (Å²) in [7, 11) is 0. The number of carbonyl (C=O) groups is 1. The smallest absolute Gasteiger partial charge is 0.254 e. The van der Waals surface area contributed by atoms with Gasteiger partial charge in [-0.15, -0.1) is 0 Å². The van der Waals surface area contributed by atoms with E-state index in [2.05, 4.69) is 27.5 Å². The molecule has 2 fully saturated rings. The van der Waals surface area contributed by atoms with E-state index in [0.717, 1.165) is 25.7 Å². The van der Waals surface area contributed by atoms with Gasteiger partial charge in [0.05, 0.1) is 11.7 Å². The first-order valence-corrected chi connectivity index (χ1v) is 9.91. The van der Waals surface area contributed by atoms with Crippen LogP contribution in [0.1, 0.15) is 75.1 Å². The van der Waals surface area contributed by atoms with E-state index in [1.54, 1.807) is 0 Å². The summed E-state index contributed by atoms with van der Waals surface area (Å²) in [4.78, 5) is 20.6. The quantitative estimate of drug-likeness (QED) is 0.619. The maximum Gasteiger partial charge on any atom is 0.254 e. The van der Waals surface area contributed by atoms with Gasteiger partial charge in [0.1, 0.15) is 5.82 Å². The number of amides is 1. The monoisotopic (exact) mass is 361 g/mol. The first-order chi connectivity index (χ1) is 12.5. The van der Waals surface area contributed by atoms with Crippen molar-refractivity contribution in [2.24, 2.45) is 11.7 Å². The van der Waals surface area contributed by atoms with Crippen molar-refractivity contribution in [1.82, 2.24) is 9.97 Å². The number of rotatable bonds is 6. The van der Waals surface area contributed by atoms with Crippen LogP contribution in [-0.2, 0) is 0 Å². The van der Waals surface area contributed by atoms with Crippen LogP contribution in [0.25, 0.3) is 0 Å². The Balaban J connectivity index is 1.69. The molecule has 2 aliphatic rings. The average molecular weight is 361 g/mol. The molecule has 26 heavy (non-hydrogen) atoms. The van der Waals surface area contributed by atoms with Crippen molar-refractivity contribution in [2.75, 3.05) is 10.6 Å². The van der Waals surface area contributed by atoms with E-state index in [9.17, 15) is 9.90 Å². The third-order valence-corrected chi connectivity index (χ3v) is 5.81. The lowest BCUT2D eigenvalue weighted by Crippen LogP contribution is -2.31. The summed E-state index contributed by atoms with van der Waals surface area (Å²) in [6.45, 7) is 2.18. The lowest BCUT2D eigenvalue weighted by Gasteiger charge is -2.29. The number of hydrogen-bond acceptors (Lipinski definition) is 6. The predicted molar refractivity (Wildman–Crippen MR) is 102 cm³/mol. The standard InChI is InChI=1S/C19H31N5O2/c1-12(13-5-3-2-4-6-13)22-19-21-11-16(17(20)26)18(24-19)23-14-7-9-15(25)10-8-14/h11-15,25H,2-10H2,1H3,(H2,20,26)(H2,21,22,23,24)/t12-,14-,15-/m0/s1. The Bertz CT molecular complexity index is 610. The van der Waals surface area contributed by atoms with E-state index in [4.69, 9.17) is 5.73 Å². The second-order valence-electron chi connectivity index (χ2n) is 7.80. The topological polar surface area (TPSA) is 113 Å². The van der Waals surface area contributed by atoms with Gasteiger partial charge in [0.25, 0.3) is 5.91 Å². The molecule has 0 unspecified atom stereocenters. The van der Waals surface area contributed by atoms with Crippen molar-refractivity contribution in [3.63, 3.8) is 0 Å². The second-order valence-corrected chi connectivity index (χ2v) is 7.80. The van der Waals surface area contributed by atoms with Crippen LogP contribution in [0, 0.1) is 5.92 Å². The highest BCUT2D eigenvalue weighted by Crippen LogP contribution is 2.28. The van der Waals surface area contributed by atoms with Crippen molar-refractivity contribution >= 4 is 17.7 Å². The van der Waals surface area contributed by atoms with Crippen molar-refractivity contribution in [2.45, 2.75) is 82.9 Å². The van der Waals surface area contributed by atoms with Crippen LogP contribution >= 0.6 is 0 Å². The first kappa shape index (κ1) is 18.9. The molecule has 1 atom stereocenters. The maximum absolute atomic E-state index is 11.7. The number of nitrogens with zero attached hydrogens (tertiary/aromatic N) is 2. The molecule has 0 saturated heterocycles. The Hall–Kier alpha value is -1.89. The molecule has 1 amide bonds. The van der Waals surface area contributed by atoms with Gasteiger partial charge in [0.2, 0.25) is 5.95 Å². The molecule has 0 bridgehead atoms. The molecular formula is C19H31N5O2. The van der Waals surface area contributed by atoms with Gasteiger partial charge >= 0.3 is 0 Å². The highest BCUT2D eigenvalue weighted by molar-refractivity contribution is 5.97. The van der Waals surface area contributed by atoms with E-state index in [0.29, 0.717) is 29.3 Å². The molecule has 1 aromatic heterocycles. The summed E-state index contributed by atoms with van der Waals surface area (Å²) >= 11 is 0. The molecule has 2 saturated carbocycles. The minimum atomic E-state index is -0.532. The van der Waals surface area contributed by atoms with Gasteiger partial charge in [0.15, 0.2) is 0 Å². The number of aliphatic hydroxyl groups is 1. The van der Waals surface area contributed by atoms with Crippen LogP contribution < -0.4 is 16.4 Å². The van der Waals surface area contributed by atoms with E-state index in [1.807, 2.05) is 0 Å². The van der Waals surface area contributed by atoms with Gasteiger partial charge < -0.3 is 21.5 Å². The molecular weight excluding hydrogens is 330 g/mol. The Morgan fingerprint density at radius 1 is 1.19 bits per heavy atom. The lowest BCUT2D eigenvalue weighted by molar-refractivity contribution is 0.1000. The summed E-state index contributed by atoms with van der Waals surface area (Å²) in [5.41, 5.74) is 5.80. The molecule has 2 aliphatic carbocycles. The molecule has 1 heterocycles. The minimum absolute atomic E-state index is 0.190. The summed E-state index contributed by atoms with van der Waals surface area (Å²) in [5.74, 6) is 1.13. The number of nitrogens with two attached hydrogens (primary N) is 1. The van der Waals surface area contributed by atoms with E-state index in [1.165, 1.54) is 38.3 Å². The molecule has 7 nitrogen and oxygen atoms in total. The lowest BCUT2D eigenvalue weighted by atomic mass is 9.85. The number of hydrogen-bond donors (Lipinski definition) is 4. The zero-order chi connectivity index (χ0) is 18.5. The van der Waals surface area contributed by atoms with Gasteiger partial charge in [-0.25, -0.2) is 4.98 Å². The number of aromatic nitrogens is 2. The van der Waals surface area contributed by atoms with E-state index < -0.39 is 5.91 Å². The fraction of sp³-hybridized carbons (Fsp3) is 0.737. The molecule has 7 heteroatoms. The highest BCUT2D eigenvalue weighted by Gasteiger charge is 2.23. The number of primary amides is 1. The molecule has 3 rings (SSSR count). The Morgan fingerprint density at radius 2 is 1.88 bits per heavy atom. The second kappa shape index (κ2) is 8.66. The fourth-order valence-corrected chi connectivity index (χ4v) is 4.11. The van der Waals surface area contributed by atoms with Crippen LogP contribution in [-0.4, -0.2) is 39.2 Å². The van der Waals surface area contributed by atoms with Crippen molar-refractivity contribution in [3.05, 3.63) is 11.8 Å². The Labute approximate surface area is 155 Å². The van der Waals surface area contributed by atoms with Crippen molar-refractivity contribution in [3.8, 4) is 0 Å². The Morgan fingerprint density at radius 3 is 2.54 bits per heavy atom. The number of carbonyl (C=O) groups excluding carboxylic acids is 1. The van der Waals surface area contributed by atoms with Gasteiger partial charge in [0, 0.05) is 18.3 Å². The van der Waals surface area contributed by atoms with Crippen LogP contribution in [0.3, 0.4) is 0 Å². The molecule has 1 aromatic rings. The Kier molecular flexibility index (Phi) is 6.29. The predicted octanol–water partition coefficient (Wildman–Crippen LogP) is 2.67. The summed E-state index contributed by atoms with van der Waals surface area (Å²) in [6.07, 6.45) is 10.9. The average Bonchev–Trinajstić information content (AvgIpc) is 2.64. The summed E-state index contributed by atoms with van der Waals surface area (Å²) < 4.78 is 0. The third-order valence-electron chi connectivity index (χ3n) is 5.81. The maximum atomic E-state index is 11.7. The first-order valence-electron chi connectivity index (χ1n) is 9.91. The third kappa shape index (κ3) is 4.84. The van der Waals surface area contributed by atoms with E-state index >= 15 is 0 Å². The molecule has 144 valence electrons. The summed E-state index contributed by atoms with van der Waals surface area (Å²) in [6, 6.07) is 0.488. The van der Waals surface area contributed by atoms with Gasteiger partial charge in [-0.05, 0) is 51.4 Å². The number of nitrogens with one attached hydrogen (secondary N) is 2. The van der Waals surface area contributed by atoms with E-state index in [-0.39, 0.29) is 12.1 Å². The van der Waals surface area contributed by atoms with Crippen LogP contribution in [0.4, 0.5) is 11.8 Å². The minimum Gasteiger partial charge on any atom is -0.393 e. The SMILES string of the molecule is C[C@H](Nc1ncc(C(N)=O)c(N[C@H]2CC[C@H](O)CC2)n1)C1CCCCC1. The molecule has 0 radical (unpaired) electrons. The zero-order valence-corrected chi connectivity index (χ0v) is 15.6. The number of aliphatic hydroxyl groups excluding tert-OH is 1. The van der Waals surface area contributed by atoms with Crippen molar-refractivity contribution in [1.29, 1.82) is 0 Å². The van der Waals surface area contributed by atoms with Crippen LogP contribution in [0.5, 0.6) is 0 Å².